The molecule has 0 fully saturated rings. The molecular formula is C19H19F8N4S+3. The highest BCUT2D eigenvalue weighted by Crippen LogP contribution is 2.47. The lowest BCUT2D eigenvalue weighted by atomic mass is 9.92. The van der Waals surface area contributed by atoms with Crippen LogP contribution in [0, 0.1) is 0 Å². The fourth-order valence-electron chi connectivity index (χ4n) is 3.34. The lowest BCUT2D eigenvalue weighted by Crippen LogP contribution is -2.45. The van der Waals surface area contributed by atoms with Crippen molar-refractivity contribution in [3.8, 4) is 11.5 Å². The first-order valence-electron chi connectivity index (χ1n) is 9.31. The summed E-state index contributed by atoms with van der Waals surface area (Å²) in [4.78, 5) is 8.07. The van der Waals surface area contributed by atoms with E-state index in [9.17, 15) is 35.1 Å². The van der Waals surface area contributed by atoms with E-state index in [4.69, 9.17) is 0 Å². The maximum Gasteiger partial charge on any atom is 0.467 e. The Kier molecular flexibility index (Phi) is 6.17. The van der Waals surface area contributed by atoms with Gasteiger partial charge in [0.1, 0.15) is 18.8 Å². The number of fused-ring (bicyclic) bond motifs is 1. The average Bonchev–Trinajstić information content (AvgIpc) is 3.01. The molecule has 0 bridgehead atoms. The first-order chi connectivity index (χ1) is 14.7. The summed E-state index contributed by atoms with van der Waals surface area (Å²) in [5, 5.41) is 0. The quantitative estimate of drug-likeness (QED) is 0.322. The van der Waals surface area contributed by atoms with Gasteiger partial charge in [-0.1, -0.05) is 6.92 Å². The molecule has 0 amide bonds. The smallest absolute Gasteiger partial charge is 0.285 e. The zero-order valence-corrected chi connectivity index (χ0v) is 17.8. The minimum atomic E-state index is -5.50. The third-order valence-electron chi connectivity index (χ3n) is 4.99. The van der Waals surface area contributed by atoms with Crippen LogP contribution in [0.3, 0.4) is 0 Å². The Morgan fingerprint density at radius 2 is 1.66 bits per heavy atom. The maximum atomic E-state index is 14.9. The zero-order chi connectivity index (χ0) is 24.1. The van der Waals surface area contributed by atoms with Crippen molar-refractivity contribution in [1.82, 2.24) is 4.98 Å². The van der Waals surface area contributed by atoms with E-state index in [0.29, 0.717) is 12.7 Å². The molecule has 0 aromatic carbocycles. The number of alkyl halides is 8. The number of H-pyrrole nitrogens is 3. The number of rotatable bonds is 5. The summed E-state index contributed by atoms with van der Waals surface area (Å²) in [7, 11) is 1.53. The van der Waals surface area contributed by atoms with Crippen LogP contribution >= 0.6 is 11.8 Å². The van der Waals surface area contributed by atoms with Crippen LogP contribution in [0.25, 0.3) is 22.7 Å². The molecule has 0 spiro atoms. The monoisotopic (exact) mass is 487 g/mol. The highest BCUT2D eigenvalue weighted by Gasteiger charge is 2.62. The van der Waals surface area contributed by atoms with Crippen LogP contribution in [0.15, 0.2) is 29.4 Å². The number of aromatic nitrogens is 4. The van der Waals surface area contributed by atoms with Gasteiger partial charge in [0.2, 0.25) is 0 Å². The van der Waals surface area contributed by atoms with E-state index in [-0.39, 0.29) is 27.6 Å². The van der Waals surface area contributed by atoms with Gasteiger partial charge in [-0.25, -0.2) is 13.8 Å². The Morgan fingerprint density at radius 1 is 1.03 bits per heavy atom. The van der Waals surface area contributed by atoms with Crippen molar-refractivity contribution in [2.75, 3.05) is 5.75 Å². The number of nitrogens with zero attached hydrogens (tertiary/aromatic N) is 1. The number of hydrogen-bond acceptors (Lipinski definition) is 1. The fourth-order valence-corrected chi connectivity index (χ4v) is 4.16. The number of thioether (sulfide) groups is 1. The molecular weight excluding hydrogens is 468 g/mol. The van der Waals surface area contributed by atoms with Gasteiger partial charge in [0.05, 0.1) is 10.5 Å². The lowest BCUT2D eigenvalue weighted by molar-refractivity contribution is -0.674. The number of hydrogen-bond donors (Lipinski definition) is 1. The van der Waals surface area contributed by atoms with Crippen LogP contribution in [0.4, 0.5) is 35.1 Å². The number of halogens is 8. The third kappa shape index (κ3) is 4.02. The van der Waals surface area contributed by atoms with E-state index in [1.807, 2.05) is 0 Å². The van der Waals surface area contributed by atoms with Crippen molar-refractivity contribution in [3.05, 3.63) is 35.7 Å². The molecule has 0 aliphatic heterocycles. The van der Waals surface area contributed by atoms with Gasteiger partial charge >= 0.3 is 29.5 Å². The molecule has 174 valence electrons. The highest BCUT2D eigenvalue weighted by molar-refractivity contribution is 7.99. The summed E-state index contributed by atoms with van der Waals surface area (Å²) < 4.78 is 109. The number of imidazole rings is 1. The Balaban J connectivity index is 2.20. The normalized spacial score (nSPS) is 15.7. The number of aromatic amines is 3. The van der Waals surface area contributed by atoms with Gasteiger partial charge in [-0.05, 0) is 24.8 Å². The van der Waals surface area contributed by atoms with E-state index < -0.39 is 35.3 Å². The summed E-state index contributed by atoms with van der Waals surface area (Å²) in [6, 6.07) is 1.79. The second-order valence-electron chi connectivity index (χ2n) is 7.07. The summed E-state index contributed by atoms with van der Waals surface area (Å²) in [5.41, 5.74) is -5.52. The second kappa shape index (κ2) is 8.16. The molecule has 0 aliphatic rings. The molecule has 3 rings (SSSR count). The summed E-state index contributed by atoms with van der Waals surface area (Å²) in [6.45, 7) is 2.19. The molecule has 0 aliphatic carbocycles. The van der Waals surface area contributed by atoms with E-state index in [1.165, 1.54) is 11.6 Å². The Bertz CT molecular complexity index is 1140. The zero-order valence-electron chi connectivity index (χ0n) is 17.0. The molecule has 3 heterocycles. The standard InChI is InChI=1S/C19H16F8N4S/c1-4-32-13-6-10(17(21,9(2)20)19(25,26)27)7-28-14(13)16-30-12-5-11(18(22,23)24)8-29-15(12)31(16)3/h5-9H,4H2,1-3H3/p+3/t9-,17?/m0/s1. The fraction of sp³-hybridized carbons (Fsp3) is 0.421. The van der Waals surface area contributed by atoms with E-state index in [0.717, 1.165) is 36.3 Å². The van der Waals surface area contributed by atoms with Crippen LogP contribution in [0.5, 0.6) is 0 Å². The van der Waals surface area contributed by atoms with Crippen molar-refractivity contribution < 1.29 is 49.7 Å². The van der Waals surface area contributed by atoms with E-state index in [1.54, 1.807) is 6.92 Å². The molecule has 0 saturated carbocycles. The van der Waals surface area contributed by atoms with Gasteiger partial charge in [0.15, 0.2) is 17.9 Å². The SMILES string of the molecule is CCSc1cc(C(F)([C@H](C)F)C(F)(F)F)c[nH+]c1-c1[nH]c2cc(C(F)(F)F)c[nH+]c2[n+]1C. The lowest BCUT2D eigenvalue weighted by Gasteiger charge is -2.28. The van der Waals surface area contributed by atoms with Gasteiger partial charge in [0.25, 0.3) is 5.67 Å². The molecule has 2 atom stereocenters. The largest absolute Gasteiger partial charge is 0.467 e. The Morgan fingerprint density at radius 3 is 2.19 bits per heavy atom. The topological polar surface area (TPSA) is 48.0 Å². The molecule has 0 radical (unpaired) electrons. The van der Waals surface area contributed by atoms with Crippen LogP contribution in [-0.4, -0.2) is 23.1 Å². The average molecular weight is 487 g/mol. The number of pyridine rings is 2. The summed E-state index contributed by atoms with van der Waals surface area (Å²) in [6.07, 6.45) is -11.5. The third-order valence-corrected chi connectivity index (χ3v) is 5.91. The molecule has 4 nitrogen and oxygen atoms in total. The van der Waals surface area contributed by atoms with Crippen LogP contribution in [-0.2, 0) is 18.9 Å². The first-order valence-corrected chi connectivity index (χ1v) is 10.3. The van der Waals surface area contributed by atoms with Crippen molar-refractivity contribution in [2.45, 2.75) is 42.9 Å². The van der Waals surface area contributed by atoms with Crippen molar-refractivity contribution in [3.63, 3.8) is 0 Å². The minimum Gasteiger partial charge on any atom is -0.285 e. The maximum absolute atomic E-state index is 14.9. The molecule has 3 aromatic rings. The van der Waals surface area contributed by atoms with Gasteiger partial charge < -0.3 is 0 Å². The molecule has 3 N–H and O–H groups in total. The minimum absolute atomic E-state index is 0.0924. The molecule has 1 unspecified atom stereocenters. The van der Waals surface area contributed by atoms with Crippen molar-refractivity contribution in [2.24, 2.45) is 7.05 Å². The second-order valence-corrected chi connectivity index (χ2v) is 8.37. The predicted molar refractivity (Wildman–Crippen MR) is 98.8 cm³/mol. The predicted octanol–water partition coefficient (Wildman–Crippen LogP) is 4.50. The molecule has 3 aromatic heterocycles. The van der Waals surface area contributed by atoms with Gasteiger partial charge in [0, 0.05) is 0 Å². The summed E-state index contributed by atoms with van der Waals surface area (Å²) >= 11 is 1.06. The Hall–Kier alpha value is -2.44. The highest BCUT2D eigenvalue weighted by atomic mass is 32.2. The summed E-state index contributed by atoms with van der Waals surface area (Å²) in [5.74, 6) is 0.609. The molecule has 32 heavy (non-hydrogen) atoms. The van der Waals surface area contributed by atoms with E-state index >= 15 is 0 Å². The van der Waals surface area contributed by atoms with Gasteiger partial charge in [-0.2, -0.15) is 31.3 Å². The van der Waals surface area contributed by atoms with Gasteiger partial charge in [-0.3, -0.25) is 4.98 Å². The number of aryl methyl sites for hydroxylation is 1. The van der Waals surface area contributed by atoms with Gasteiger partial charge in [-0.15, -0.1) is 16.3 Å². The van der Waals surface area contributed by atoms with Crippen molar-refractivity contribution >= 4 is 22.9 Å². The van der Waals surface area contributed by atoms with E-state index in [2.05, 4.69) is 15.0 Å². The molecule has 13 heteroatoms. The van der Waals surface area contributed by atoms with Crippen LogP contribution in [0.1, 0.15) is 25.0 Å². The van der Waals surface area contributed by atoms with Crippen LogP contribution < -0.4 is 14.5 Å². The first kappa shape index (κ1) is 24.2. The Labute approximate surface area is 181 Å². The van der Waals surface area contributed by atoms with Crippen LogP contribution in [0.2, 0.25) is 0 Å². The molecule has 0 saturated heterocycles. The van der Waals surface area contributed by atoms with Crippen molar-refractivity contribution in [1.29, 1.82) is 0 Å². The number of nitrogens with one attached hydrogen (secondary N) is 3.